The van der Waals surface area contributed by atoms with Crippen molar-refractivity contribution in [1.29, 1.82) is 0 Å². The predicted octanol–water partition coefficient (Wildman–Crippen LogP) is 4.88. The van der Waals surface area contributed by atoms with Gasteiger partial charge in [-0.25, -0.2) is 0 Å². The second kappa shape index (κ2) is 6.20. The van der Waals surface area contributed by atoms with Crippen molar-refractivity contribution in [3.8, 4) is 11.1 Å². The molecule has 116 valence electrons. The molecule has 0 saturated carbocycles. The Morgan fingerprint density at radius 1 is 0.955 bits per heavy atom. The second-order valence-corrected chi connectivity index (χ2v) is 6.81. The van der Waals surface area contributed by atoms with E-state index < -0.39 is 12.7 Å². The number of halogens is 4. The zero-order valence-corrected chi connectivity index (χ0v) is 14.0. The smallest absolute Gasteiger partial charge is 0.290 e. The lowest BCUT2D eigenvalue weighted by atomic mass is 9.94. The average Bonchev–Trinajstić information content (AvgIpc) is 2.46. The van der Waals surface area contributed by atoms with Crippen molar-refractivity contribution in [1.82, 2.24) is 4.90 Å². The van der Waals surface area contributed by atoms with Crippen molar-refractivity contribution in [3.05, 3.63) is 57.2 Å². The molecule has 0 saturated heterocycles. The Morgan fingerprint density at radius 3 is 2.32 bits per heavy atom. The van der Waals surface area contributed by atoms with Gasteiger partial charge in [0.15, 0.2) is 0 Å². The fourth-order valence-corrected chi connectivity index (χ4v) is 3.18. The number of nitrogens with zero attached hydrogens (tertiary/aromatic N) is 1. The third-order valence-electron chi connectivity index (χ3n) is 3.88. The first-order valence-electron chi connectivity index (χ1n) is 7.07. The van der Waals surface area contributed by atoms with Crippen LogP contribution in [0.15, 0.2) is 42.5 Å². The minimum atomic E-state index is -4.13. The average molecular weight is 417 g/mol. The van der Waals surface area contributed by atoms with E-state index >= 15 is 0 Å². The zero-order chi connectivity index (χ0) is 15.7. The lowest BCUT2D eigenvalue weighted by Gasteiger charge is -2.29. The van der Waals surface area contributed by atoms with Crippen LogP contribution in [-0.2, 0) is 13.0 Å². The van der Waals surface area contributed by atoms with E-state index in [0.717, 1.165) is 22.3 Å². The highest BCUT2D eigenvalue weighted by Gasteiger charge is 2.32. The summed E-state index contributed by atoms with van der Waals surface area (Å²) in [4.78, 5) is 1.47. The Bertz CT molecular complexity index is 665. The molecule has 0 spiro atoms. The minimum absolute atomic E-state index is 0.377. The summed E-state index contributed by atoms with van der Waals surface area (Å²) in [5.41, 5.74) is 4.43. The summed E-state index contributed by atoms with van der Waals surface area (Å²) >= 11 is 2.27. The van der Waals surface area contributed by atoms with Crippen molar-refractivity contribution in [2.45, 2.75) is 19.1 Å². The van der Waals surface area contributed by atoms with E-state index in [4.69, 9.17) is 0 Å². The van der Waals surface area contributed by atoms with Gasteiger partial charge in [-0.05, 0) is 63.4 Å². The van der Waals surface area contributed by atoms with Crippen LogP contribution >= 0.6 is 22.6 Å². The topological polar surface area (TPSA) is 3.24 Å². The molecule has 0 atom stereocenters. The molecule has 1 aliphatic rings. The zero-order valence-electron chi connectivity index (χ0n) is 11.8. The van der Waals surface area contributed by atoms with Gasteiger partial charge < -0.3 is 0 Å². The van der Waals surface area contributed by atoms with Crippen molar-refractivity contribution >= 4 is 22.6 Å². The number of rotatable bonds is 2. The maximum absolute atomic E-state index is 12.5. The highest BCUT2D eigenvalue weighted by Crippen LogP contribution is 2.28. The predicted molar refractivity (Wildman–Crippen MR) is 89.6 cm³/mol. The van der Waals surface area contributed by atoms with E-state index in [0.29, 0.717) is 19.5 Å². The summed E-state index contributed by atoms with van der Waals surface area (Å²) in [7, 11) is 0. The Hall–Kier alpha value is -1.08. The van der Waals surface area contributed by atoms with Crippen LogP contribution in [0.1, 0.15) is 11.1 Å². The molecular formula is C17H15F3IN. The summed E-state index contributed by atoms with van der Waals surface area (Å²) < 4.78 is 38.7. The third kappa shape index (κ3) is 3.81. The van der Waals surface area contributed by atoms with Gasteiger partial charge >= 0.3 is 6.18 Å². The van der Waals surface area contributed by atoms with Gasteiger partial charge in [0.25, 0.3) is 0 Å². The number of alkyl halides is 3. The van der Waals surface area contributed by atoms with Gasteiger partial charge in [0.05, 0.1) is 6.54 Å². The molecule has 1 heterocycles. The summed E-state index contributed by atoms with van der Waals surface area (Å²) in [5, 5.41) is 0. The van der Waals surface area contributed by atoms with Crippen LogP contribution in [0, 0.1) is 3.57 Å². The van der Waals surface area contributed by atoms with Crippen LogP contribution in [0.5, 0.6) is 0 Å². The van der Waals surface area contributed by atoms with Crippen LogP contribution in [0.2, 0.25) is 0 Å². The van der Waals surface area contributed by atoms with E-state index in [9.17, 15) is 13.2 Å². The molecule has 0 bridgehead atoms. The number of hydrogen-bond acceptors (Lipinski definition) is 1. The molecule has 0 radical (unpaired) electrons. The van der Waals surface area contributed by atoms with Crippen molar-refractivity contribution in [2.24, 2.45) is 0 Å². The molecule has 3 rings (SSSR count). The SMILES string of the molecule is FC(F)(F)CN1CCc2cc(-c3ccc(I)cc3)ccc2C1. The van der Waals surface area contributed by atoms with Gasteiger partial charge in [-0.15, -0.1) is 0 Å². The van der Waals surface area contributed by atoms with Crippen LogP contribution in [-0.4, -0.2) is 24.2 Å². The third-order valence-corrected chi connectivity index (χ3v) is 4.60. The molecule has 22 heavy (non-hydrogen) atoms. The largest absolute Gasteiger partial charge is 0.401 e. The Kier molecular flexibility index (Phi) is 4.45. The Labute approximate surface area is 141 Å². The van der Waals surface area contributed by atoms with E-state index in [1.165, 1.54) is 8.47 Å². The highest BCUT2D eigenvalue weighted by molar-refractivity contribution is 14.1. The fraction of sp³-hybridized carbons (Fsp3) is 0.294. The van der Waals surface area contributed by atoms with Gasteiger partial charge in [-0.3, -0.25) is 4.90 Å². The molecule has 0 aliphatic carbocycles. The van der Waals surface area contributed by atoms with Gasteiger partial charge in [0.2, 0.25) is 0 Å². The van der Waals surface area contributed by atoms with E-state index in [1.807, 2.05) is 12.1 Å². The normalized spacial score (nSPS) is 15.6. The molecule has 1 nitrogen and oxygen atoms in total. The Morgan fingerprint density at radius 2 is 1.64 bits per heavy atom. The highest BCUT2D eigenvalue weighted by atomic mass is 127. The van der Waals surface area contributed by atoms with Crippen LogP contribution in [0.4, 0.5) is 13.2 Å². The molecule has 0 N–H and O–H groups in total. The van der Waals surface area contributed by atoms with Crippen molar-refractivity contribution < 1.29 is 13.2 Å². The summed E-state index contributed by atoms with van der Waals surface area (Å²) in [6.45, 7) is 0.00970. The van der Waals surface area contributed by atoms with E-state index in [-0.39, 0.29) is 0 Å². The maximum atomic E-state index is 12.5. The van der Waals surface area contributed by atoms with Crippen LogP contribution in [0.3, 0.4) is 0 Å². The monoisotopic (exact) mass is 417 g/mol. The fourth-order valence-electron chi connectivity index (χ4n) is 2.82. The molecule has 2 aromatic carbocycles. The van der Waals surface area contributed by atoms with E-state index in [1.54, 1.807) is 0 Å². The van der Waals surface area contributed by atoms with Crippen LogP contribution < -0.4 is 0 Å². The summed E-state index contributed by atoms with van der Waals surface area (Å²) in [6.07, 6.45) is -3.46. The maximum Gasteiger partial charge on any atom is 0.401 e. The molecule has 1 aliphatic heterocycles. The molecule has 0 aromatic heterocycles. The quantitative estimate of drug-likeness (QED) is 0.630. The second-order valence-electron chi connectivity index (χ2n) is 5.57. The molecule has 0 unspecified atom stereocenters. The number of fused-ring (bicyclic) bond motifs is 1. The summed E-state index contributed by atoms with van der Waals surface area (Å²) in [6, 6.07) is 14.3. The first-order valence-corrected chi connectivity index (χ1v) is 8.15. The first-order chi connectivity index (χ1) is 10.4. The Balaban J connectivity index is 1.80. The lowest BCUT2D eigenvalue weighted by molar-refractivity contribution is -0.147. The lowest BCUT2D eigenvalue weighted by Crippen LogP contribution is -2.37. The van der Waals surface area contributed by atoms with Crippen molar-refractivity contribution in [2.75, 3.05) is 13.1 Å². The molecule has 0 amide bonds. The van der Waals surface area contributed by atoms with Gasteiger partial charge in [-0.1, -0.05) is 30.3 Å². The molecular weight excluding hydrogens is 402 g/mol. The van der Waals surface area contributed by atoms with Crippen molar-refractivity contribution in [3.63, 3.8) is 0 Å². The number of hydrogen-bond donors (Lipinski definition) is 0. The van der Waals surface area contributed by atoms with Gasteiger partial charge in [0, 0.05) is 16.7 Å². The standard InChI is InChI=1S/C17H15F3IN/c18-17(19,20)11-22-8-7-14-9-13(1-2-15(14)10-22)12-3-5-16(21)6-4-12/h1-6,9H,7-8,10-11H2. The molecule has 2 aromatic rings. The van der Waals surface area contributed by atoms with E-state index in [2.05, 4.69) is 52.9 Å². The summed E-state index contributed by atoms with van der Waals surface area (Å²) in [5.74, 6) is 0. The van der Waals surface area contributed by atoms with Crippen LogP contribution in [0.25, 0.3) is 11.1 Å². The first kappa shape index (κ1) is 15.8. The van der Waals surface area contributed by atoms with Gasteiger partial charge in [0.1, 0.15) is 0 Å². The number of benzene rings is 2. The van der Waals surface area contributed by atoms with Gasteiger partial charge in [-0.2, -0.15) is 13.2 Å². The molecule has 0 fully saturated rings. The minimum Gasteiger partial charge on any atom is -0.290 e. The molecule has 5 heteroatoms.